The lowest BCUT2D eigenvalue weighted by Gasteiger charge is -2.26. The Morgan fingerprint density at radius 3 is 3.00 bits per heavy atom. The predicted molar refractivity (Wildman–Crippen MR) is 56.2 cm³/mol. The van der Waals surface area contributed by atoms with E-state index in [0.717, 1.165) is 19.0 Å². The minimum atomic E-state index is 0.805. The molecule has 2 rings (SSSR count). The van der Waals surface area contributed by atoms with Gasteiger partial charge >= 0.3 is 0 Å². The maximum absolute atomic E-state index is 4.43. The Kier molecular flexibility index (Phi) is 2.96. The first-order chi connectivity index (χ1) is 6.34. The average Bonchev–Trinajstić information content (AvgIpc) is 2.42. The molecule has 0 aliphatic heterocycles. The summed E-state index contributed by atoms with van der Waals surface area (Å²) in [5.41, 5.74) is 1.24. The van der Waals surface area contributed by atoms with Crippen LogP contribution in [0.5, 0.6) is 0 Å². The van der Waals surface area contributed by atoms with E-state index < -0.39 is 0 Å². The molecule has 72 valence electrons. The van der Waals surface area contributed by atoms with Crippen molar-refractivity contribution < 1.29 is 0 Å². The molecule has 0 amide bonds. The highest BCUT2D eigenvalue weighted by molar-refractivity contribution is 7.09. The minimum absolute atomic E-state index is 0.805. The lowest BCUT2D eigenvalue weighted by atomic mass is 9.93. The van der Waals surface area contributed by atoms with Gasteiger partial charge in [-0.25, -0.2) is 4.98 Å². The SMILES string of the molecule is Cc1nc(CCNC2CCC2)cs1. The molecule has 1 aromatic rings. The molecule has 0 unspecified atom stereocenters. The fourth-order valence-corrected chi connectivity index (χ4v) is 2.19. The molecule has 2 nitrogen and oxygen atoms in total. The normalized spacial score (nSPS) is 17.3. The summed E-state index contributed by atoms with van der Waals surface area (Å²) in [4.78, 5) is 4.43. The van der Waals surface area contributed by atoms with Gasteiger partial charge in [-0.1, -0.05) is 6.42 Å². The lowest BCUT2D eigenvalue weighted by Crippen LogP contribution is -2.36. The smallest absolute Gasteiger partial charge is 0.0897 e. The summed E-state index contributed by atoms with van der Waals surface area (Å²) >= 11 is 1.74. The van der Waals surface area contributed by atoms with Gasteiger partial charge in [0, 0.05) is 24.4 Å². The zero-order chi connectivity index (χ0) is 9.10. The fourth-order valence-electron chi connectivity index (χ4n) is 1.54. The van der Waals surface area contributed by atoms with Crippen molar-refractivity contribution in [2.75, 3.05) is 6.54 Å². The molecule has 1 aliphatic rings. The number of hydrogen-bond acceptors (Lipinski definition) is 3. The van der Waals surface area contributed by atoms with Gasteiger partial charge < -0.3 is 5.32 Å². The highest BCUT2D eigenvalue weighted by Gasteiger charge is 2.15. The molecule has 1 saturated carbocycles. The van der Waals surface area contributed by atoms with Crippen LogP contribution in [0.15, 0.2) is 5.38 Å². The summed E-state index contributed by atoms with van der Waals surface area (Å²) in [6.45, 7) is 3.15. The van der Waals surface area contributed by atoms with Crippen LogP contribution in [-0.2, 0) is 6.42 Å². The van der Waals surface area contributed by atoms with E-state index in [1.165, 1.54) is 30.0 Å². The molecule has 1 aliphatic carbocycles. The molecule has 13 heavy (non-hydrogen) atoms. The monoisotopic (exact) mass is 196 g/mol. The van der Waals surface area contributed by atoms with E-state index in [4.69, 9.17) is 0 Å². The van der Waals surface area contributed by atoms with E-state index in [2.05, 4.69) is 22.6 Å². The Morgan fingerprint density at radius 2 is 2.46 bits per heavy atom. The molecule has 0 spiro atoms. The molecule has 1 fully saturated rings. The lowest BCUT2D eigenvalue weighted by molar-refractivity contribution is 0.341. The maximum atomic E-state index is 4.43. The average molecular weight is 196 g/mol. The van der Waals surface area contributed by atoms with E-state index in [0.29, 0.717) is 0 Å². The van der Waals surface area contributed by atoms with Gasteiger partial charge in [0.05, 0.1) is 10.7 Å². The van der Waals surface area contributed by atoms with E-state index in [-0.39, 0.29) is 0 Å². The highest BCUT2D eigenvalue weighted by Crippen LogP contribution is 2.17. The quantitative estimate of drug-likeness (QED) is 0.798. The third-order valence-corrected chi connectivity index (χ3v) is 3.41. The van der Waals surface area contributed by atoms with Crippen LogP contribution in [0.3, 0.4) is 0 Å². The first-order valence-electron chi connectivity index (χ1n) is 4.99. The van der Waals surface area contributed by atoms with Crippen molar-refractivity contribution >= 4 is 11.3 Å². The van der Waals surface area contributed by atoms with Crippen molar-refractivity contribution in [1.29, 1.82) is 0 Å². The van der Waals surface area contributed by atoms with Crippen molar-refractivity contribution in [3.05, 3.63) is 16.1 Å². The number of nitrogens with one attached hydrogen (secondary N) is 1. The van der Waals surface area contributed by atoms with E-state index in [1.807, 2.05) is 0 Å². The Labute approximate surface area is 83.4 Å². The summed E-state index contributed by atoms with van der Waals surface area (Å²) in [6.07, 6.45) is 5.24. The second-order valence-electron chi connectivity index (χ2n) is 3.69. The summed E-state index contributed by atoms with van der Waals surface area (Å²) in [5, 5.41) is 6.89. The largest absolute Gasteiger partial charge is 0.314 e. The first-order valence-corrected chi connectivity index (χ1v) is 5.87. The van der Waals surface area contributed by atoms with Crippen LogP contribution >= 0.6 is 11.3 Å². The van der Waals surface area contributed by atoms with Gasteiger partial charge in [0.15, 0.2) is 0 Å². The maximum Gasteiger partial charge on any atom is 0.0897 e. The molecule has 0 saturated heterocycles. The van der Waals surface area contributed by atoms with Crippen LogP contribution in [-0.4, -0.2) is 17.6 Å². The fraction of sp³-hybridized carbons (Fsp3) is 0.700. The van der Waals surface area contributed by atoms with Crippen molar-refractivity contribution in [3.8, 4) is 0 Å². The Hall–Kier alpha value is -0.410. The third kappa shape index (κ3) is 2.51. The number of aromatic nitrogens is 1. The van der Waals surface area contributed by atoms with Crippen molar-refractivity contribution in [1.82, 2.24) is 10.3 Å². The van der Waals surface area contributed by atoms with E-state index in [9.17, 15) is 0 Å². The van der Waals surface area contributed by atoms with Crippen molar-refractivity contribution in [2.45, 2.75) is 38.6 Å². The van der Waals surface area contributed by atoms with Gasteiger partial charge in [0.1, 0.15) is 0 Å². The van der Waals surface area contributed by atoms with Gasteiger partial charge in [-0.3, -0.25) is 0 Å². The molecule has 3 heteroatoms. The second kappa shape index (κ2) is 4.20. The van der Waals surface area contributed by atoms with Crippen LogP contribution < -0.4 is 5.32 Å². The Bertz CT molecular complexity index is 266. The summed E-state index contributed by atoms with van der Waals surface area (Å²) in [7, 11) is 0. The topological polar surface area (TPSA) is 24.9 Å². The summed E-state index contributed by atoms with van der Waals surface area (Å²) < 4.78 is 0. The van der Waals surface area contributed by atoms with E-state index in [1.54, 1.807) is 11.3 Å². The number of thiazole rings is 1. The van der Waals surface area contributed by atoms with Gasteiger partial charge in [0.25, 0.3) is 0 Å². The molecule has 1 N–H and O–H groups in total. The molecular weight excluding hydrogens is 180 g/mol. The molecule has 1 heterocycles. The summed E-state index contributed by atoms with van der Waals surface area (Å²) in [5.74, 6) is 0. The number of hydrogen-bond donors (Lipinski definition) is 1. The van der Waals surface area contributed by atoms with Gasteiger partial charge in [-0.15, -0.1) is 11.3 Å². The van der Waals surface area contributed by atoms with E-state index >= 15 is 0 Å². The van der Waals surface area contributed by atoms with Crippen LogP contribution in [0.2, 0.25) is 0 Å². The molecular formula is C10H16N2S. The number of nitrogens with zero attached hydrogens (tertiary/aromatic N) is 1. The Balaban J connectivity index is 1.67. The van der Waals surface area contributed by atoms with Crippen molar-refractivity contribution in [2.24, 2.45) is 0 Å². The van der Waals surface area contributed by atoms with Crippen LogP contribution in [0.1, 0.15) is 30.0 Å². The molecule has 0 aromatic carbocycles. The zero-order valence-corrected chi connectivity index (χ0v) is 8.86. The molecule has 0 radical (unpaired) electrons. The molecule has 0 atom stereocenters. The standard InChI is InChI=1S/C10H16N2S/c1-8-12-10(7-13-8)5-6-11-9-3-2-4-9/h7,9,11H,2-6H2,1H3. The number of rotatable bonds is 4. The van der Waals surface area contributed by atoms with Crippen LogP contribution in [0.4, 0.5) is 0 Å². The van der Waals surface area contributed by atoms with Crippen molar-refractivity contribution in [3.63, 3.8) is 0 Å². The highest BCUT2D eigenvalue weighted by atomic mass is 32.1. The van der Waals surface area contributed by atoms with Gasteiger partial charge in [-0.05, 0) is 19.8 Å². The minimum Gasteiger partial charge on any atom is -0.314 e. The third-order valence-electron chi connectivity index (χ3n) is 2.59. The first kappa shape index (κ1) is 9.16. The Morgan fingerprint density at radius 1 is 1.62 bits per heavy atom. The molecule has 1 aromatic heterocycles. The zero-order valence-electron chi connectivity index (χ0n) is 8.05. The van der Waals surface area contributed by atoms with Gasteiger partial charge in [0.2, 0.25) is 0 Å². The second-order valence-corrected chi connectivity index (χ2v) is 4.75. The molecule has 0 bridgehead atoms. The summed E-state index contributed by atoms with van der Waals surface area (Å²) in [6, 6.07) is 0.805. The number of aryl methyl sites for hydroxylation is 1. The predicted octanol–water partition coefficient (Wildman–Crippen LogP) is 2.14. The van der Waals surface area contributed by atoms with Crippen LogP contribution in [0, 0.1) is 6.92 Å². The van der Waals surface area contributed by atoms with Gasteiger partial charge in [-0.2, -0.15) is 0 Å². The van der Waals surface area contributed by atoms with Crippen LogP contribution in [0.25, 0.3) is 0 Å².